The molecule has 0 spiro atoms. The van der Waals surface area contributed by atoms with Gasteiger partial charge in [0, 0.05) is 5.69 Å². The zero-order chi connectivity index (χ0) is 15.8. The number of ether oxygens (including phenoxy) is 3. The lowest BCUT2D eigenvalue weighted by molar-refractivity contribution is 0.267. The van der Waals surface area contributed by atoms with Gasteiger partial charge in [-0.2, -0.15) is 0 Å². The quantitative estimate of drug-likeness (QED) is 0.578. The average Bonchev–Trinajstić information content (AvgIpc) is 2.53. The highest BCUT2D eigenvalue weighted by atomic mass is 16.5. The summed E-state index contributed by atoms with van der Waals surface area (Å²) < 4.78 is 16.4. The molecule has 0 saturated heterocycles. The first-order valence-corrected chi connectivity index (χ1v) is 7.23. The molecule has 0 saturated carbocycles. The first-order valence-electron chi connectivity index (χ1n) is 7.23. The van der Waals surface area contributed by atoms with Crippen molar-refractivity contribution in [3.05, 3.63) is 42.5 Å². The fourth-order valence-electron chi connectivity index (χ4n) is 1.95. The van der Waals surface area contributed by atoms with Gasteiger partial charge in [0.15, 0.2) is 0 Å². The number of benzene rings is 2. The van der Waals surface area contributed by atoms with Gasteiger partial charge in [0.25, 0.3) is 0 Å². The van der Waals surface area contributed by atoms with Crippen LogP contribution in [0.2, 0.25) is 0 Å². The van der Waals surface area contributed by atoms with Crippen LogP contribution in [-0.4, -0.2) is 20.3 Å². The van der Waals surface area contributed by atoms with E-state index in [0.29, 0.717) is 30.3 Å². The second-order valence-electron chi connectivity index (χ2n) is 4.88. The molecule has 0 unspecified atom stereocenters. The van der Waals surface area contributed by atoms with E-state index in [2.05, 4.69) is 0 Å². The van der Waals surface area contributed by atoms with Gasteiger partial charge in [-0.25, -0.2) is 0 Å². The summed E-state index contributed by atoms with van der Waals surface area (Å²) in [5.74, 6) is 2.33. The highest BCUT2D eigenvalue weighted by Crippen LogP contribution is 2.23. The van der Waals surface area contributed by atoms with E-state index in [1.807, 2.05) is 24.3 Å². The van der Waals surface area contributed by atoms with Crippen LogP contribution < -0.4 is 25.7 Å². The lowest BCUT2D eigenvalue weighted by Crippen LogP contribution is -2.04. The Morgan fingerprint density at radius 3 is 2.09 bits per heavy atom. The lowest BCUT2D eigenvalue weighted by atomic mass is 10.2. The van der Waals surface area contributed by atoms with Gasteiger partial charge in [-0.05, 0) is 55.3 Å². The smallest absolute Gasteiger partial charge is 0.142 e. The van der Waals surface area contributed by atoms with Gasteiger partial charge >= 0.3 is 0 Å². The molecule has 0 heterocycles. The van der Waals surface area contributed by atoms with Crippen molar-refractivity contribution < 1.29 is 14.2 Å². The number of hydrogen-bond donors (Lipinski definition) is 2. The molecule has 5 heteroatoms. The summed E-state index contributed by atoms with van der Waals surface area (Å²) in [7, 11) is 1.64. The van der Waals surface area contributed by atoms with Crippen molar-refractivity contribution >= 4 is 11.4 Å². The Hall–Kier alpha value is -2.56. The van der Waals surface area contributed by atoms with Gasteiger partial charge in [0.1, 0.15) is 17.2 Å². The van der Waals surface area contributed by atoms with Crippen molar-refractivity contribution in [3.8, 4) is 17.2 Å². The summed E-state index contributed by atoms with van der Waals surface area (Å²) in [4.78, 5) is 0. The zero-order valence-electron chi connectivity index (χ0n) is 12.7. The molecule has 2 aromatic rings. The fraction of sp³-hybridized carbons (Fsp3) is 0.294. The highest BCUT2D eigenvalue weighted by molar-refractivity contribution is 5.60. The van der Waals surface area contributed by atoms with Crippen molar-refractivity contribution in [3.63, 3.8) is 0 Å². The summed E-state index contributed by atoms with van der Waals surface area (Å²) in [5.41, 5.74) is 12.7. The van der Waals surface area contributed by atoms with Gasteiger partial charge in [0.2, 0.25) is 0 Å². The minimum absolute atomic E-state index is 0.564. The maximum atomic E-state index is 5.82. The Morgan fingerprint density at radius 1 is 0.818 bits per heavy atom. The number of nitrogens with two attached hydrogens (primary N) is 2. The summed E-state index contributed by atoms with van der Waals surface area (Å²) in [6.07, 6.45) is 1.79. The molecular weight excluding hydrogens is 280 g/mol. The molecule has 0 bridgehead atoms. The number of anilines is 2. The SMILES string of the molecule is COc1ccc(OCCCCOc2ccc(N)cc2N)cc1. The monoisotopic (exact) mass is 302 g/mol. The van der Waals surface area contributed by atoms with Crippen LogP contribution in [0.4, 0.5) is 11.4 Å². The van der Waals surface area contributed by atoms with E-state index >= 15 is 0 Å². The molecule has 0 atom stereocenters. The predicted octanol–water partition coefficient (Wildman–Crippen LogP) is 3.10. The van der Waals surface area contributed by atoms with Crippen molar-refractivity contribution in [2.75, 3.05) is 31.8 Å². The molecule has 0 aliphatic rings. The Kier molecular flexibility index (Phi) is 5.77. The van der Waals surface area contributed by atoms with Gasteiger partial charge < -0.3 is 25.7 Å². The van der Waals surface area contributed by atoms with E-state index in [9.17, 15) is 0 Å². The Labute approximate surface area is 130 Å². The summed E-state index contributed by atoms with van der Waals surface area (Å²) >= 11 is 0. The molecule has 2 rings (SSSR count). The Morgan fingerprint density at radius 2 is 1.45 bits per heavy atom. The topological polar surface area (TPSA) is 79.7 Å². The summed E-state index contributed by atoms with van der Waals surface area (Å²) in [6, 6.07) is 12.8. The molecule has 5 nitrogen and oxygen atoms in total. The third-order valence-electron chi connectivity index (χ3n) is 3.16. The first-order chi connectivity index (χ1) is 10.7. The van der Waals surface area contributed by atoms with Crippen LogP contribution in [0.25, 0.3) is 0 Å². The molecule has 118 valence electrons. The Balaban J connectivity index is 1.62. The summed E-state index contributed by atoms with van der Waals surface area (Å²) in [5, 5.41) is 0. The molecule has 0 radical (unpaired) electrons. The summed E-state index contributed by atoms with van der Waals surface area (Å²) in [6.45, 7) is 1.24. The van der Waals surface area contributed by atoms with Crippen LogP contribution in [-0.2, 0) is 0 Å². The number of rotatable bonds is 8. The molecule has 0 aromatic heterocycles. The molecule has 0 aliphatic carbocycles. The molecule has 0 fully saturated rings. The average molecular weight is 302 g/mol. The maximum absolute atomic E-state index is 5.82. The normalized spacial score (nSPS) is 10.2. The molecule has 22 heavy (non-hydrogen) atoms. The first kappa shape index (κ1) is 15.8. The lowest BCUT2D eigenvalue weighted by Gasteiger charge is -2.10. The van der Waals surface area contributed by atoms with Gasteiger partial charge in [-0.1, -0.05) is 0 Å². The van der Waals surface area contributed by atoms with Crippen molar-refractivity contribution in [2.24, 2.45) is 0 Å². The number of methoxy groups -OCH3 is 1. The van der Waals surface area contributed by atoms with Crippen LogP contribution in [0.3, 0.4) is 0 Å². The van der Waals surface area contributed by atoms with Gasteiger partial charge in [0.05, 0.1) is 26.0 Å². The Bertz CT molecular complexity index is 585. The second kappa shape index (κ2) is 8.02. The van der Waals surface area contributed by atoms with Crippen LogP contribution in [0.15, 0.2) is 42.5 Å². The van der Waals surface area contributed by atoms with Crippen molar-refractivity contribution in [1.82, 2.24) is 0 Å². The van der Waals surface area contributed by atoms with E-state index in [-0.39, 0.29) is 0 Å². The van der Waals surface area contributed by atoms with E-state index in [1.165, 1.54) is 0 Å². The molecule has 0 aliphatic heterocycles. The van der Waals surface area contributed by atoms with Crippen LogP contribution in [0.5, 0.6) is 17.2 Å². The third kappa shape index (κ3) is 4.77. The largest absolute Gasteiger partial charge is 0.497 e. The highest BCUT2D eigenvalue weighted by Gasteiger charge is 2.01. The van der Waals surface area contributed by atoms with E-state index in [1.54, 1.807) is 25.3 Å². The molecule has 2 aromatic carbocycles. The van der Waals surface area contributed by atoms with E-state index in [0.717, 1.165) is 24.3 Å². The van der Waals surface area contributed by atoms with E-state index in [4.69, 9.17) is 25.7 Å². The molecule has 4 N–H and O–H groups in total. The standard InChI is InChI=1S/C17H22N2O3/c1-20-14-5-7-15(8-6-14)21-10-2-3-11-22-17-9-4-13(18)12-16(17)19/h4-9,12H,2-3,10-11,18-19H2,1H3. The minimum Gasteiger partial charge on any atom is -0.497 e. The van der Waals surface area contributed by atoms with Crippen LogP contribution in [0.1, 0.15) is 12.8 Å². The molecular formula is C17H22N2O3. The number of hydrogen-bond acceptors (Lipinski definition) is 5. The predicted molar refractivity (Wildman–Crippen MR) is 88.5 cm³/mol. The minimum atomic E-state index is 0.564. The van der Waals surface area contributed by atoms with Crippen LogP contribution >= 0.6 is 0 Å². The maximum Gasteiger partial charge on any atom is 0.142 e. The van der Waals surface area contributed by atoms with Crippen molar-refractivity contribution in [2.45, 2.75) is 12.8 Å². The van der Waals surface area contributed by atoms with Gasteiger partial charge in [-0.15, -0.1) is 0 Å². The molecule has 0 amide bonds. The fourth-order valence-corrected chi connectivity index (χ4v) is 1.95. The number of unbranched alkanes of at least 4 members (excludes halogenated alkanes) is 1. The van der Waals surface area contributed by atoms with Crippen molar-refractivity contribution in [1.29, 1.82) is 0 Å². The van der Waals surface area contributed by atoms with E-state index < -0.39 is 0 Å². The second-order valence-corrected chi connectivity index (χ2v) is 4.88. The van der Waals surface area contributed by atoms with Gasteiger partial charge in [-0.3, -0.25) is 0 Å². The zero-order valence-corrected chi connectivity index (χ0v) is 12.7. The third-order valence-corrected chi connectivity index (χ3v) is 3.16. The number of nitrogen functional groups attached to an aromatic ring is 2. The van der Waals surface area contributed by atoms with Crippen LogP contribution in [0, 0.1) is 0 Å².